The van der Waals surface area contributed by atoms with Crippen LogP contribution < -0.4 is 5.32 Å². The Balaban J connectivity index is 2.56. The van der Waals surface area contributed by atoms with Crippen molar-refractivity contribution in [2.45, 2.75) is 32.8 Å². The molecule has 0 saturated carbocycles. The molecular weight excluding hydrogens is 304 g/mol. The van der Waals surface area contributed by atoms with E-state index < -0.39 is 29.2 Å². The predicted molar refractivity (Wildman–Crippen MR) is 82.0 cm³/mol. The average molecular weight is 328 g/mol. The van der Waals surface area contributed by atoms with Crippen molar-refractivity contribution >= 4 is 18.2 Å². The minimum Gasteiger partial charge on any atom is -0.481 e. The Bertz CT molecular complexity index is 477. The van der Waals surface area contributed by atoms with E-state index in [0.717, 1.165) is 0 Å². The second-order valence-corrected chi connectivity index (χ2v) is 6.65. The summed E-state index contributed by atoms with van der Waals surface area (Å²) in [5, 5.41) is 11.6. The number of hydrogen-bond acceptors (Lipinski definition) is 5. The number of aliphatic carboxylic acids is 1. The van der Waals surface area contributed by atoms with E-state index in [1.54, 1.807) is 20.8 Å². The summed E-state index contributed by atoms with van der Waals surface area (Å²) in [6.07, 6.45) is 0.131. The zero-order valence-corrected chi connectivity index (χ0v) is 13.8. The monoisotopic (exact) mass is 328 g/mol. The van der Waals surface area contributed by atoms with Crippen LogP contribution in [0.1, 0.15) is 27.2 Å². The molecule has 0 aliphatic carbocycles. The smallest absolute Gasteiger partial charge is 0.410 e. The number of alkyl carbamates (subject to hydrolysis) is 1. The lowest BCUT2D eigenvalue weighted by Gasteiger charge is -2.49. The lowest BCUT2D eigenvalue weighted by Crippen LogP contribution is -2.63. The Morgan fingerprint density at radius 3 is 2.43 bits per heavy atom. The Kier molecular flexibility index (Phi) is 6.00. The quantitative estimate of drug-likeness (QED) is 0.718. The number of amides is 2. The summed E-state index contributed by atoms with van der Waals surface area (Å²) >= 11 is 0. The van der Waals surface area contributed by atoms with Crippen LogP contribution >= 0.6 is 0 Å². The number of carbonyl (C=O) groups is 3. The average Bonchev–Trinajstić information content (AvgIpc) is 2.35. The molecule has 0 unspecified atom stereocenters. The first-order valence-electron chi connectivity index (χ1n) is 7.28. The number of hydrogen-bond donors (Lipinski definition) is 2. The molecule has 0 aromatic heterocycles. The van der Waals surface area contributed by atoms with Crippen LogP contribution in [0.3, 0.4) is 0 Å². The zero-order valence-electron chi connectivity index (χ0n) is 13.8. The van der Waals surface area contributed by atoms with Gasteiger partial charge in [-0.15, -0.1) is 0 Å². The Labute approximate surface area is 135 Å². The van der Waals surface area contributed by atoms with Gasteiger partial charge in [0, 0.05) is 25.0 Å². The van der Waals surface area contributed by atoms with Crippen LogP contribution in [-0.2, 0) is 14.3 Å². The first-order chi connectivity index (χ1) is 10.6. The van der Waals surface area contributed by atoms with E-state index in [9.17, 15) is 14.4 Å². The van der Waals surface area contributed by atoms with Crippen molar-refractivity contribution in [3.05, 3.63) is 12.7 Å². The highest BCUT2D eigenvalue weighted by Crippen LogP contribution is 2.34. The number of nitrogens with one attached hydrogen (secondary N) is 1. The molecule has 1 heterocycles. The van der Waals surface area contributed by atoms with Crippen molar-refractivity contribution < 1.29 is 29.0 Å². The Hall–Kier alpha value is -2.25. The van der Waals surface area contributed by atoms with Crippen LogP contribution in [0, 0.1) is 5.41 Å². The van der Waals surface area contributed by atoms with Gasteiger partial charge < -0.3 is 24.8 Å². The summed E-state index contributed by atoms with van der Waals surface area (Å²) in [5.74, 6) is -0.991. The van der Waals surface area contributed by atoms with Crippen molar-refractivity contribution in [2.24, 2.45) is 5.41 Å². The summed E-state index contributed by atoms with van der Waals surface area (Å²) in [4.78, 5) is 35.8. The lowest BCUT2D eigenvalue weighted by molar-refractivity contribution is -0.143. The van der Waals surface area contributed by atoms with Gasteiger partial charge in [-0.1, -0.05) is 12.7 Å². The molecule has 1 aliphatic heterocycles. The summed E-state index contributed by atoms with van der Waals surface area (Å²) in [6, 6.07) is 0. The molecule has 8 heteroatoms. The van der Waals surface area contributed by atoms with Crippen LogP contribution in [0.4, 0.5) is 9.59 Å². The molecule has 1 saturated heterocycles. The largest absolute Gasteiger partial charge is 0.481 e. The molecule has 1 fully saturated rings. The molecule has 2 amide bonds. The van der Waals surface area contributed by atoms with Crippen molar-refractivity contribution in [2.75, 3.05) is 26.2 Å². The summed E-state index contributed by atoms with van der Waals surface area (Å²) in [7, 11) is 0. The van der Waals surface area contributed by atoms with E-state index in [1.165, 1.54) is 11.0 Å². The molecule has 0 aromatic carbocycles. The fraction of sp³-hybridized carbons (Fsp3) is 0.667. The van der Waals surface area contributed by atoms with Crippen LogP contribution in [0.5, 0.6) is 0 Å². The number of carbonyl (C=O) groups excluding carboxylic acids is 2. The maximum Gasteiger partial charge on any atom is 0.410 e. The maximum atomic E-state index is 11.9. The van der Waals surface area contributed by atoms with E-state index in [-0.39, 0.29) is 32.7 Å². The highest BCUT2D eigenvalue weighted by molar-refractivity contribution is 5.72. The summed E-state index contributed by atoms with van der Waals surface area (Å²) in [5.41, 5.74) is -1.33. The molecule has 23 heavy (non-hydrogen) atoms. The SMILES string of the molecule is C=CCOC(=O)NCC1(CC(=O)O)CN(C(=O)OC(C)(C)C)C1. The van der Waals surface area contributed by atoms with Gasteiger partial charge >= 0.3 is 18.2 Å². The number of rotatable bonds is 6. The third-order valence-electron chi connectivity index (χ3n) is 3.17. The Morgan fingerprint density at radius 1 is 1.35 bits per heavy atom. The van der Waals surface area contributed by atoms with Crippen molar-refractivity contribution in [1.29, 1.82) is 0 Å². The van der Waals surface area contributed by atoms with E-state index in [1.807, 2.05) is 0 Å². The third-order valence-corrected chi connectivity index (χ3v) is 3.17. The van der Waals surface area contributed by atoms with Crippen LogP contribution in [0.15, 0.2) is 12.7 Å². The van der Waals surface area contributed by atoms with Gasteiger partial charge in [-0.2, -0.15) is 0 Å². The number of likely N-dealkylation sites (tertiary alicyclic amines) is 1. The molecule has 8 nitrogen and oxygen atoms in total. The normalized spacial score (nSPS) is 16.0. The second-order valence-electron chi connectivity index (χ2n) is 6.65. The van der Waals surface area contributed by atoms with Gasteiger partial charge in [-0.25, -0.2) is 9.59 Å². The first-order valence-corrected chi connectivity index (χ1v) is 7.28. The summed E-state index contributed by atoms with van der Waals surface area (Å²) < 4.78 is 10.0. The highest BCUT2D eigenvalue weighted by atomic mass is 16.6. The number of carboxylic acids is 1. The number of nitrogens with zero attached hydrogens (tertiary/aromatic N) is 1. The molecular formula is C15H24N2O6. The molecule has 0 bridgehead atoms. The highest BCUT2D eigenvalue weighted by Gasteiger charge is 2.48. The van der Waals surface area contributed by atoms with E-state index in [0.29, 0.717) is 0 Å². The minimum absolute atomic E-state index is 0.0712. The van der Waals surface area contributed by atoms with Gasteiger partial charge in [0.2, 0.25) is 0 Å². The molecule has 0 radical (unpaired) electrons. The summed E-state index contributed by atoms with van der Waals surface area (Å²) in [6.45, 7) is 9.28. The third kappa shape index (κ3) is 6.17. The van der Waals surface area contributed by atoms with Gasteiger partial charge in [-0.3, -0.25) is 4.79 Å². The number of carboxylic acid groups (broad SMARTS) is 1. The number of ether oxygens (including phenoxy) is 2. The first kappa shape index (κ1) is 18.8. The van der Waals surface area contributed by atoms with E-state index >= 15 is 0 Å². The molecule has 0 aromatic rings. The van der Waals surface area contributed by atoms with Crippen LogP contribution in [0.25, 0.3) is 0 Å². The molecule has 2 N–H and O–H groups in total. The topological polar surface area (TPSA) is 105 Å². The fourth-order valence-corrected chi connectivity index (χ4v) is 2.27. The standard InChI is InChI=1S/C15H24N2O6/c1-5-6-22-12(20)16-8-15(7-11(18)19)9-17(10-15)13(21)23-14(2,3)4/h5H,1,6-10H2,2-4H3,(H,16,20)(H,18,19). The molecule has 1 aliphatic rings. The van der Waals surface area contributed by atoms with Crippen LogP contribution in [-0.4, -0.2) is 60.0 Å². The van der Waals surface area contributed by atoms with Gasteiger partial charge in [0.1, 0.15) is 12.2 Å². The van der Waals surface area contributed by atoms with Gasteiger partial charge in [-0.05, 0) is 20.8 Å². The van der Waals surface area contributed by atoms with Crippen LogP contribution in [0.2, 0.25) is 0 Å². The second kappa shape index (κ2) is 7.34. The molecule has 0 spiro atoms. The fourth-order valence-electron chi connectivity index (χ4n) is 2.27. The minimum atomic E-state index is -0.991. The van der Waals surface area contributed by atoms with E-state index in [2.05, 4.69) is 11.9 Å². The maximum absolute atomic E-state index is 11.9. The van der Waals surface area contributed by atoms with Crippen molar-refractivity contribution in [3.63, 3.8) is 0 Å². The molecule has 130 valence electrons. The van der Waals surface area contributed by atoms with Gasteiger partial charge in [0.25, 0.3) is 0 Å². The molecule has 1 rings (SSSR count). The van der Waals surface area contributed by atoms with Crippen molar-refractivity contribution in [1.82, 2.24) is 10.2 Å². The zero-order chi connectivity index (χ0) is 17.7. The lowest BCUT2D eigenvalue weighted by atomic mass is 9.77. The van der Waals surface area contributed by atoms with E-state index in [4.69, 9.17) is 14.6 Å². The van der Waals surface area contributed by atoms with Gasteiger partial charge in [0.05, 0.1) is 6.42 Å². The van der Waals surface area contributed by atoms with Crippen molar-refractivity contribution in [3.8, 4) is 0 Å². The van der Waals surface area contributed by atoms with Gasteiger partial charge in [0.15, 0.2) is 0 Å². The predicted octanol–water partition coefficient (Wildman–Crippen LogP) is 1.61. The molecule has 0 atom stereocenters. The Morgan fingerprint density at radius 2 is 1.96 bits per heavy atom.